The first-order valence-electron chi connectivity index (χ1n) is 7.43. The second-order valence-electron chi connectivity index (χ2n) is 4.87. The van der Waals surface area contributed by atoms with Crippen LogP contribution in [0, 0.1) is 0 Å². The van der Waals surface area contributed by atoms with E-state index < -0.39 is 0 Å². The van der Waals surface area contributed by atoms with E-state index in [4.69, 9.17) is 4.74 Å². The van der Waals surface area contributed by atoms with Gasteiger partial charge in [-0.15, -0.1) is 0 Å². The van der Waals surface area contributed by atoms with Crippen LogP contribution in [0.1, 0.15) is 39.0 Å². The lowest BCUT2D eigenvalue weighted by Crippen LogP contribution is -2.24. The quantitative estimate of drug-likeness (QED) is 0.646. The van der Waals surface area contributed by atoms with Crippen LogP contribution in [0.15, 0.2) is 24.3 Å². The molecule has 0 bridgehead atoms. The molecule has 0 aliphatic rings. The van der Waals surface area contributed by atoms with Gasteiger partial charge in [-0.25, -0.2) is 0 Å². The monoisotopic (exact) mass is 278 g/mol. The number of benzene rings is 1. The van der Waals surface area contributed by atoms with Crippen LogP contribution in [0.3, 0.4) is 0 Å². The molecular formula is C16H26N2O2. The van der Waals surface area contributed by atoms with Gasteiger partial charge in [0.15, 0.2) is 0 Å². The Hall–Kier alpha value is -1.55. The zero-order valence-electron chi connectivity index (χ0n) is 12.6. The molecule has 0 aromatic heterocycles. The number of anilines is 1. The van der Waals surface area contributed by atoms with Gasteiger partial charge in [0.05, 0.1) is 13.2 Å². The Bertz CT molecular complexity index is 377. The highest BCUT2D eigenvalue weighted by Crippen LogP contribution is 2.16. The van der Waals surface area contributed by atoms with Gasteiger partial charge in [-0.05, 0) is 37.7 Å². The molecule has 4 heteroatoms. The standard InChI is InChI=1S/C16H26N2O2/c1-3-4-5-6-7-12-20-15-10-8-14(9-11-15)18-16(19)13-17-2/h8-11,17H,3-7,12-13H2,1-2H3,(H,18,19). The van der Waals surface area contributed by atoms with E-state index in [1.54, 1.807) is 7.05 Å². The highest BCUT2D eigenvalue weighted by Gasteiger charge is 2.00. The minimum absolute atomic E-state index is 0.0444. The van der Waals surface area contributed by atoms with Gasteiger partial charge >= 0.3 is 0 Å². The fourth-order valence-corrected chi connectivity index (χ4v) is 1.90. The van der Waals surface area contributed by atoms with E-state index in [1.807, 2.05) is 24.3 Å². The topological polar surface area (TPSA) is 50.4 Å². The van der Waals surface area contributed by atoms with Crippen molar-refractivity contribution in [2.45, 2.75) is 39.0 Å². The van der Waals surface area contributed by atoms with E-state index >= 15 is 0 Å². The third-order valence-electron chi connectivity index (χ3n) is 2.99. The summed E-state index contributed by atoms with van der Waals surface area (Å²) in [7, 11) is 1.75. The largest absolute Gasteiger partial charge is 0.494 e. The zero-order chi connectivity index (χ0) is 14.6. The first-order valence-corrected chi connectivity index (χ1v) is 7.43. The van der Waals surface area contributed by atoms with Crippen molar-refractivity contribution in [3.8, 4) is 5.75 Å². The van der Waals surface area contributed by atoms with Gasteiger partial charge in [0, 0.05) is 5.69 Å². The summed E-state index contributed by atoms with van der Waals surface area (Å²) in [4.78, 5) is 11.4. The highest BCUT2D eigenvalue weighted by atomic mass is 16.5. The third-order valence-corrected chi connectivity index (χ3v) is 2.99. The number of unbranched alkanes of at least 4 members (excludes halogenated alkanes) is 4. The molecule has 20 heavy (non-hydrogen) atoms. The maximum atomic E-state index is 11.4. The van der Waals surface area contributed by atoms with Crippen LogP contribution < -0.4 is 15.4 Å². The second kappa shape index (κ2) is 10.3. The van der Waals surface area contributed by atoms with Crippen molar-refractivity contribution in [1.82, 2.24) is 5.32 Å². The summed E-state index contributed by atoms with van der Waals surface area (Å²) in [5, 5.41) is 5.61. The first-order chi connectivity index (χ1) is 9.76. The molecule has 0 saturated carbocycles. The van der Waals surface area contributed by atoms with Gasteiger partial charge in [0.25, 0.3) is 0 Å². The lowest BCUT2D eigenvalue weighted by Gasteiger charge is -2.08. The van der Waals surface area contributed by atoms with Crippen LogP contribution >= 0.6 is 0 Å². The van der Waals surface area contributed by atoms with Crippen molar-refractivity contribution in [3.05, 3.63) is 24.3 Å². The number of nitrogens with one attached hydrogen (secondary N) is 2. The SMILES string of the molecule is CCCCCCCOc1ccc(NC(=O)CNC)cc1. The molecule has 112 valence electrons. The van der Waals surface area contributed by atoms with E-state index in [1.165, 1.54) is 25.7 Å². The van der Waals surface area contributed by atoms with Crippen molar-refractivity contribution in [2.24, 2.45) is 0 Å². The highest BCUT2D eigenvalue weighted by molar-refractivity contribution is 5.92. The number of carbonyl (C=O) groups is 1. The number of hydrogen-bond acceptors (Lipinski definition) is 3. The van der Waals surface area contributed by atoms with Gasteiger partial charge in [-0.1, -0.05) is 32.6 Å². The van der Waals surface area contributed by atoms with Crippen LogP contribution in [-0.4, -0.2) is 26.1 Å². The molecule has 0 saturated heterocycles. The summed E-state index contributed by atoms with van der Waals surface area (Å²) in [5.74, 6) is 0.809. The molecule has 0 heterocycles. The van der Waals surface area contributed by atoms with Crippen molar-refractivity contribution in [1.29, 1.82) is 0 Å². The summed E-state index contributed by atoms with van der Waals surface area (Å²) in [6.07, 6.45) is 6.19. The van der Waals surface area contributed by atoms with Gasteiger partial charge in [0.2, 0.25) is 5.91 Å². The Morgan fingerprint density at radius 2 is 1.80 bits per heavy atom. The Balaban J connectivity index is 2.23. The van der Waals surface area contributed by atoms with E-state index in [0.717, 1.165) is 24.5 Å². The van der Waals surface area contributed by atoms with Crippen molar-refractivity contribution in [2.75, 3.05) is 25.5 Å². The third kappa shape index (κ3) is 7.14. The summed E-state index contributed by atoms with van der Waals surface area (Å²) in [6, 6.07) is 7.50. The van der Waals surface area contributed by atoms with Crippen LogP contribution in [-0.2, 0) is 4.79 Å². The molecule has 2 N–H and O–H groups in total. The van der Waals surface area contributed by atoms with Crippen LogP contribution in [0.4, 0.5) is 5.69 Å². The minimum atomic E-state index is -0.0444. The molecule has 1 aromatic carbocycles. The predicted octanol–water partition coefficient (Wildman–Crippen LogP) is 3.19. The average molecular weight is 278 g/mol. The summed E-state index contributed by atoms with van der Waals surface area (Å²) in [5.41, 5.74) is 0.792. The molecule has 0 unspecified atom stereocenters. The Kier molecular flexibility index (Phi) is 8.47. The molecule has 1 rings (SSSR count). The maximum Gasteiger partial charge on any atom is 0.238 e. The van der Waals surface area contributed by atoms with Crippen molar-refractivity contribution in [3.63, 3.8) is 0 Å². The van der Waals surface area contributed by atoms with Gasteiger partial charge < -0.3 is 15.4 Å². The number of amides is 1. The number of likely N-dealkylation sites (N-methyl/N-ethyl adjacent to an activating group) is 1. The lowest BCUT2D eigenvalue weighted by molar-refractivity contribution is -0.115. The second-order valence-corrected chi connectivity index (χ2v) is 4.87. The molecule has 0 aliphatic carbocycles. The van der Waals surface area contributed by atoms with Gasteiger partial charge in [0.1, 0.15) is 5.75 Å². The van der Waals surface area contributed by atoms with Crippen LogP contribution in [0.25, 0.3) is 0 Å². The minimum Gasteiger partial charge on any atom is -0.494 e. The molecule has 0 spiro atoms. The number of carbonyl (C=O) groups excluding carboxylic acids is 1. The molecule has 0 aliphatic heterocycles. The molecule has 0 radical (unpaired) electrons. The number of ether oxygens (including phenoxy) is 1. The summed E-state index contributed by atoms with van der Waals surface area (Å²) < 4.78 is 5.67. The normalized spacial score (nSPS) is 10.3. The molecular weight excluding hydrogens is 252 g/mol. The smallest absolute Gasteiger partial charge is 0.238 e. The first kappa shape index (κ1) is 16.5. The van der Waals surface area contributed by atoms with Crippen molar-refractivity contribution < 1.29 is 9.53 Å². The number of rotatable bonds is 10. The molecule has 0 atom stereocenters. The molecule has 1 aromatic rings. The number of hydrogen-bond donors (Lipinski definition) is 2. The maximum absolute atomic E-state index is 11.4. The fourth-order valence-electron chi connectivity index (χ4n) is 1.90. The Morgan fingerprint density at radius 1 is 1.10 bits per heavy atom. The van der Waals surface area contributed by atoms with Gasteiger partial charge in [-0.2, -0.15) is 0 Å². The summed E-state index contributed by atoms with van der Waals surface area (Å²) >= 11 is 0. The van der Waals surface area contributed by atoms with E-state index in [0.29, 0.717) is 6.54 Å². The Labute approximate surface area is 121 Å². The zero-order valence-corrected chi connectivity index (χ0v) is 12.6. The van der Waals surface area contributed by atoms with E-state index in [-0.39, 0.29) is 5.91 Å². The van der Waals surface area contributed by atoms with Crippen LogP contribution in [0.5, 0.6) is 5.75 Å². The van der Waals surface area contributed by atoms with Crippen molar-refractivity contribution >= 4 is 11.6 Å². The van der Waals surface area contributed by atoms with Gasteiger partial charge in [-0.3, -0.25) is 4.79 Å². The molecule has 1 amide bonds. The molecule has 0 fully saturated rings. The fraction of sp³-hybridized carbons (Fsp3) is 0.562. The lowest BCUT2D eigenvalue weighted by atomic mass is 10.2. The molecule has 4 nitrogen and oxygen atoms in total. The summed E-state index contributed by atoms with van der Waals surface area (Å²) in [6.45, 7) is 3.29. The predicted molar refractivity (Wildman–Crippen MR) is 83.3 cm³/mol. The van der Waals surface area contributed by atoms with Crippen LogP contribution in [0.2, 0.25) is 0 Å². The van der Waals surface area contributed by atoms with E-state index in [9.17, 15) is 4.79 Å². The van der Waals surface area contributed by atoms with E-state index in [2.05, 4.69) is 17.6 Å². The average Bonchev–Trinajstić information content (AvgIpc) is 2.45. The Morgan fingerprint density at radius 3 is 2.45 bits per heavy atom.